The summed E-state index contributed by atoms with van der Waals surface area (Å²) >= 11 is -7.42. The van der Waals surface area contributed by atoms with Gasteiger partial charge in [0.25, 0.3) is 0 Å². The quantitative estimate of drug-likeness (QED) is 0.0215. The van der Waals surface area contributed by atoms with Gasteiger partial charge in [0.05, 0.1) is 0 Å². The SMILES string of the molecule is C=CC=COC(=O)c1ccc([O][Bi]([O]c2ccc(C(=O)OC=CC=C)cc2)[c]2cc[c]([Bi]([O]c3ccc(C(=O)OC=CC=C)cc3)[O]c3ccc(C(=O)OC=CC=C)cc3)cc2)cc1. The molecule has 12 nitrogen and oxygen atoms in total. The molecule has 0 heterocycles. The molecule has 5 aromatic carbocycles. The summed E-state index contributed by atoms with van der Waals surface area (Å²) in [5.74, 6) is -0.350. The number of hydrogen-bond acceptors (Lipinski definition) is 12. The molecule has 0 saturated carbocycles. The van der Waals surface area contributed by atoms with Crippen molar-refractivity contribution < 1.29 is 49.4 Å². The Labute approximate surface area is 388 Å². The molecule has 0 aromatic heterocycles. The molecular weight excluding hydrogens is 1210 g/mol. The average molecular weight is 1250 g/mol. The van der Waals surface area contributed by atoms with Crippen molar-refractivity contribution in [2.75, 3.05) is 0 Å². The molecular formula is C50H40Bi2O12. The van der Waals surface area contributed by atoms with E-state index in [1.54, 1.807) is 97.1 Å². The number of esters is 4. The molecule has 0 spiro atoms. The first-order chi connectivity index (χ1) is 31.2. The Balaban J connectivity index is 1.43. The maximum atomic E-state index is 12.5. The summed E-state index contributed by atoms with van der Waals surface area (Å²) in [5, 5.41) is 0. The van der Waals surface area contributed by atoms with E-state index >= 15 is 0 Å². The average Bonchev–Trinajstić information content (AvgIpc) is 3.32. The van der Waals surface area contributed by atoms with Crippen LogP contribution in [0.15, 0.2) is 221 Å². The van der Waals surface area contributed by atoms with Gasteiger partial charge in [-0.2, -0.15) is 0 Å². The molecule has 0 radical (unpaired) electrons. The van der Waals surface area contributed by atoms with Crippen LogP contribution in [0.5, 0.6) is 23.0 Å². The van der Waals surface area contributed by atoms with Crippen LogP contribution in [0.2, 0.25) is 0 Å². The molecule has 0 atom stereocenters. The summed E-state index contributed by atoms with van der Waals surface area (Å²) in [6.07, 6.45) is 16.9. The zero-order valence-corrected chi connectivity index (χ0v) is 41.1. The molecule has 0 amide bonds. The molecule has 0 unspecified atom stereocenters. The van der Waals surface area contributed by atoms with E-state index in [-0.39, 0.29) is 0 Å². The van der Waals surface area contributed by atoms with E-state index in [4.69, 9.17) is 30.2 Å². The van der Waals surface area contributed by atoms with Gasteiger partial charge in [-0.1, -0.05) is 0 Å². The van der Waals surface area contributed by atoms with Crippen LogP contribution in [0.3, 0.4) is 0 Å². The van der Waals surface area contributed by atoms with Gasteiger partial charge in [0.1, 0.15) is 0 Å². The summed E-state index contributed by atoms with van der Waals surface area (Å²) in [7, 11) is 0. The van der Waals surface area contributed by atoms with Gasteiger partial charge in [-0.25, -0.2) is 0 Å². The molecule has 5 aromatic rings. The van der Waals surface area contributed by atoms with E-state index in [1.165, 1.54) is 73.7 Å². The van der Waals surface area contributed by atoms with Crippen molar-refractivity contribution in [1.29, 1.82) is 0 Å². The van der Waals surface area contributed by atoms with Crippen LogP contribution in [-0.2, 0) is 18.9 Å². The van der Waals surface area contributed by atoms with Gasteiger partial charge < -0.3 is 0 Å². The minimum absolute atomic E-state index is 0.312. The Hall–Kier alpha value is -7.13. The Bertz CT molecular complexity index is 2190. The van der Waals surface area contributed by atoms with Crippen molar-refractivity contribution in [3.8, 4) is 23.0 Å². The molecule has 5 rings (SSSR count). The summed E-state index contributed by atoms with van der Waals surface area (Å²) in [5.41, 5.74) is 1.25. The molecule has 0 aliphatic heterocycles. The maximum absolute atomic E-state index is 12.5. The first kappa shape index (κ1) is 47.9. The fourth-order valence-electron chi connectivity index (χ4n) is 4.83. The van der Waals surface area contributed by atoms with Crippen molar-refractivity contribution in [1.82, 2.24) is 0 Å². The Kier molecular flexibility index (Phi) is 19.3. The molecule has 0 bridgehead atoms. The van der Waals surface area contributed by atoms with E-state index in [9.17, 15) is 19.2 Å². The first-order valence-corrected chi connectivity index (χ1v) is 28.1. The number of ether oxygens (including phenoxy) is 4. The van der Waals surface area contributed by atoms with Crippen LogP contribution < -0.4 is 17.8 Å². The van der Waals surface area contributed by atoms with E-state index in [2.05, 4.69) is 26.3 Å². The molecule has 64 heavy (non-hydrogen) atoms. The standard InChI is InChI=1S/4C11H10O3.C6H4.2Bi/c4*1-2-3-8-14-11(13)9-4-6-10(12)7-5-9;1-2-4-6-5-3-1;;/h4*2-8,12H,1H2;1-2,5-6H;;/q;;;;;2*+2/p-4. The van der Waals surface area contributed by atoms with E-state index in [0.717, 1.165) is 6.54 Å². The van der Waals surface area contributed by atoms with Gasteiger partial charge in [-0.15, -0.1) is 0 Å². The fraction of sp³-hybridized carbons (Fsp3) is 0. The summed E-state index contributed by atoms with van der Waals surface area (Å²) in [6.45, 7) is 14.2. The second-order valence-electron chi connectivity index (χ2n) is 12.4. The second-order valence-corrected chi connectivity index (χ2v) is 23.2. The Morgan fingerprint density at radius 2 is 0.531 bits per heavy atom. The molecule has 0 N–H and O–H groups in total. The molecule has 0 aliphatic carbocycles. The zero-order valence-electron chi connectivity index (χ0n) is 34.1. The number of allylic oxidation sites excluding steroid dienone is 8. The summed E-state index contributed by atoms with van der Waals surface area (Å²) in [6, 6.07) is 33.5. The molecule has 14 heteroatoms. The van der Waals surface area contributed by atoms with Gasteiger partial charge in [0.15, 0.2) is 0 Å². The Morgan fingerprint density at radius 3 is 0.719 bits per heavy atom. The van der Waals surface area contributed by atoms with E-state index in [0.29, 0.717) is 45.3 Å². The molecule has 322 valence electrons. The van der Waals surface area contributed by atoms with Crippen LogP contribution >= 0.6 is 0 Å². The third kappa shape index (κ3) is 15.0. The van der Waals surface area contributed by atoms with Gasteiger partial charge in [-0.05, 0) is 0 Å². The van der Waals surface area contributed by atoms with Crippen molar-refractivity contribution in [3.05, 3.63) is 244 Å². The molecule has 0 saturated heterocycles. The molecule has 0 fully saturated rings. The van der Waals surface area contributed by atoms with Crippen LogP contribution in [0.1, 0.15) is 41.4 Å². The van der Waals surface area contributed by atoms with Crippen molar-refractivity contribution in [2.45, 2.75) is 0 Å². The second kappa shape index (κ2) is 25.7. The number of benzene rings is 5. The van der Waals surface area contributed by atoms with Gasteiger partial charge in [0.2, 0.25) is 0 Å². The third-order valence-electron chi connectivity index (χ3n) is 7.94. The summed E-state index contributed by atoms with van der Waals surface area (Å²) in [4.78, 5) is 50.0. The fourth-order valence-corrected chi connectivity index (χ4v) is 14.7. The number of carbonyl (C=O) groups excluding carboxylic acids is 4. The van der Waals surface area contributed by atoms with E-state index in [1.807, 2.05) is 24.3 Å². The summed E-state index contributed by atoms with van der Waals surface area (Å²) < 4.78 is 48.2. The monoisotopic (exact) mass is 1250 g/mol. The van der Waals surface area contributed by atoms with Gasteiger partial charge in [-0.3, -0.25) is 0 Å². The predicted molar refractivity (Wildman–Crippen MR) is 245 cm³/mol. The Morgan fingerprint density at radius 1 is 0.328 bits per heavy atom. The topological polar surface area (TPSA) is 142 Å². The van der Waals surface area contributed by atoms with Crippen LogP contribution in [0.4, 0.5) is 0 Å². The number of carbonyl (C=O) groups is 4. The van der Waals surface area contributed by atoms with Crippen molar-refractivity contribution in [2.24, 2.45) is 0 Å². The molecule has 0 aliphatic rings. The first-order valence-electron chi connectivity index (χ1n) is 19.0. The van der Waals surface area contributed by atoms with E-state index < -0.39 is 69.1 Å². The van der Waals surface area contributed by atoms with Crippen molar-refractivity contribution >= 4 is 75.7 Å². The predicted octanol–water partition coefficient (Wildman–Crippen LogP) is 8.82. The van der Waals surface area contributed by atoms with Crippen LogP contribution in [0, 0.1) is 0 Å². The number of hydrogen-bond donors (Lipinski definition) is 0. The van der Waals surface area contributed by atoms with Gasteiger partial charge >= 0.3 is 392 Å². The van der Waals surface area contributed by atoms with Crippen LogP contribution in [0.25, 0.3) is 0 Å². The number of rotatable bonds is 22. The third-order valence-corrected chi connectivity index (χ3v) is 19.4. The van der Waals surface area contributed by atoms with Gasteiger partial charge in [0, 0.05) is 0 Å². The van der Waals surface area contributed by atoms with Crippen molar-refractivity contribution in [3.63, 3.8) is 0 Å². The minimum atomic E-state index is -3.71. The normalized spacial score (nSPS) is 11.0. The zero-order chi connectivity index (χ0) is 45.5. The van der Waals surface area contributed by atoms with Crippen LogP contribution in [-0.4, -0.2) is 69.1 Å².